The summed E-state index contributed by atoms with van der Waals surface area (Å²) in [6.45, 7) is 4.09. The van der Waals surface area contributed by atoms with Crippen LogP contribution in [0.1, 0.15) is 11.1 Å². The van der Waals surface area contributed by atoms with Crippen molar-refractivity contribution in [2.24, 2.45) is 7.05 Å². The fourth-order valence-corrected chi connectivity index (χ4v) is 1.52. The number of aromatic nitrogens is 2. The second-order valence-corrected chi connectivity index (χ2v) is 3.66. The van der Waals surface area contributed by atoms with Gasteiger partial charge in [-0.25, -0.2) is 0 Å². The molecule has 3 heteroatoms. The lowest BCUT2D eigenvalue weighted by molar-refractivity contribution is 0.453. The zero-order chi connectivity index (χ0) is 10.8. The monoisotopic (exact) mass is 201 g/mol. The quantitative estimate of drug-likeness (QED) is 0.746. The Hall–Kier alpha value is -1.77. The summed E-state index contributed by atoms with van der Waals surface area (Å²) in [5, 5.41) is 4.10. The van der Waals surface area contributed by atoms with Crippen molar-refractivity contribution in [2.75, 3.05) is 0 Å². The molecule has 0 bridgehead atoms. The minimum absolute atomic E-state index is 0.572. The van der Waals surface area contributed by atoms with Crippen LogP contribution in [0.5, 0.6) is 11.6 Å². The third kappa shape index (κ3) is 2.37. The Labute approximate surface area is 89.3 Å². The molecule has 0 aliphatic carbocycles. The van der Waals surface area contributed by atoms with Gasteiger partial charge in [-0.05, 0) is 37.1 Å². The van der Waals surface area contributed by atoms with E-state index < -0.39 is 0 Å². The van der Waals surface area contributed by atoms with Gasteiger partial charge in [0.25, 0.3) is 0 Å². The average molecular weight is 201 g/mol. The number of hydrogen-bond acceptors (Lipinski definition) is 2. The SMILES string of the molecule is Cc1cc(C)cc(Oc2c[c]n(C)n2)c1. The predicted octanol–water partition coefficient (Wildman–Crippen LogP) is 2.63. The molecule has 2 rings (SSSR count). The summed E-state index contributed by atoms with van der Waals surface area (Å²) in [6, 6.07) is 7.80. The third-order valence-corrected chi connectivity index (χ3v) is 2.04. The first-order valence-electron chi connectivity index (χ1n) is 4.81. The van der Waals surface area contributed by atoms with E-state index in [-0.39, 0.29) is 0 Å². The lowest BCUT2D eigenvalue weighted by Gasteiger charge is -2.04. The topological polar surface area (TPSA) is 27.1 Å². The van der Waals surface area contributed by atoms with Crippen LogP contribution in [0.2, 0.25) is 0 Å². The molecule has 1 radical (unpaired) electrons. The Morgan fingerprint density at radius 3 is 2.40 bits per heavy atom. The molecule has 0 saturated carbocycles. The van der Waals surface area contributed by atoms with Crippen LogP contribution in [0.4, 0.5) is 0 Å². The minimum atomic E-state index is 0.572. The number of hydrogen-bond donors (Lipinski definition) is 0. The maximum atomic E-state index is 5.60. The first-order valence-corrected chi connectivity index (χ1v) is 4.81. The van der Waals surface area contributed by atoms with Crippen LogP contribution < -0.4 is 4.74 Å². The number of benzene rings is 1. The Morgan fingerprint density at radius 1 is 1.20 bits per heavy atom. The molecule has 0 unspecified atom stereocenters. The highest BCUT2D eigenvalue weighted by atomic mass is 16.5. The first-order chi connectivity index (χ1) is 7.13. The second kappa shape index (κ2) is 3.77. The standard InChI is InChI=1S/C12H13N2O/c1-9-6-10(2)8-11(7-9)15-12-4-5-14(3)13-12/h4,6-8H,1-3H3. The van der Waals surface area contributed by atoms with Gasteiger partial charge in [-0.15, -0.1) is 5.10 Å². The molecule has 0 amide bonds. The molecule has 77 valence electrons. The molecule has 0 fully saturated rings. The lowest BCUT2D eigenvalue weighted by Crippen LogP contribution is -1.90. The average Bonchev–Trinajstić information content (AvgIpc) is 2.49. The summed E-state index contributed by atoms with van der Waals surface area (Å²) in [7, 11) is 1.81. The Balaban J connectivity index is 2.24. The minimum Gasteiger partial charge on any atom is -0.438 e. The van der Waals surface area contributed by atoms with Gasteiger partial charge >= 0.3 is 0 Å². The highest BCUT2D eigenvalue weighted by Gasteiger charge is 2.01. The highest BCUT2D eigenvalue weighted by Crippen LogP contribution is 2.21. The number of ether oxygens (including phenoxy) is 1. The van der Waals surface area contributed by atoms with Gasteiger partial charge in [0.15, 0.2) is 0 Å². The molecule has 0 N–H and O–H groups in total. The molecular weight excluding hydrogens is 188 g/mol. The molecule has 1 heterocycles. The van der Waals surface area contributed by atoms with Gasteiger partial charge in [0.2, 0.25) is 5.88 Å². The highest BCUT2D eigenvalue weighted by molar-refractivity contribution is 5.35. The van der Waals surface area contributed by atoms with Crippen molar-refractivity contribution in [3.05, 3.63) is 41.6 Å². The van der Waals surface area contributed by atoms with Crippen molar-refractivity contribution in [2.45, 2.75) is 13.8 Å². The van der Waals surface area contributed by atoms with Crippen molar-refractivity contribution < 1.29 is 4.74 Å². The fourth-order valence-electron chi connectivity index (χ4n) is 1.52. The smallest absolute Gasteiger partial charge is 0.238 e. The van der Waals surface area contributed by atoms with Crippen LogP contribution in [0.3, 0.4) is 0 Å². The Bertz CT molecular complexity index is 454. The van der Waals surface area contributed by atoms with E-state index in [1.165, 1.54) is 11.1 Å². The van der Waals surface area contributed by atoms with E-state index >= 15 is 0 Å². The van der Waals surface area contributed by atoms with Gasteiger partial charge in [0.05, 0.1) is 6.20 Å². The molecule has 0 aliphatic rings. The van der Waals surface area contributed by atoms with Gasteiger partial charge in [-0.2, -0.15) is 0 Å². The number of aryl methyl sites for hydroxylation is 3. The summed E-state index contributed by atoms with van der Waals surface area (Å²) in [4.78, 5) is 0. The number of nitrogens with zero attached hydrogens (tertiary/aromatic N) is 2. The van der Waals surface area contributed by atoms with Gasteiger partial charge in [0.1, 0.15) is 5.75 Å². The van der Waals surface area contributed by atoms with Crippen LogP contribution in [0.15, 0.2) is 24.3 Å². The fraction of sp³-hybridized carbons (Fsp3) is 0.250. The van der Waals surface area contributed by atoms with E-state index in [1.54, 1.807) is 10.7 Å². The van der Waals surface area contributed by atoms with E-state index in [4.69, 9.17) is 4.74 Å². The predicted molar refractivity (Wildman–Crippen MR) is 58.0 cm³/mol. The van der Waals surface area contributed by atoms with Gasteiger partial charge in [-0.1, -0.05) is 6.07 Å². The molecule has 0 aliphatic heterocycles. The van der Waals surface area contributed by atoms with Crippen molar-refractivity contribution in [3.63, 3.8) is 0 Å². The molecule has 0 spiro atoms. The molecule has 3 nitrogen and oxygen atoms in total. The zero-order valence-electron chi connectivity index (χ0n) is 9.11. The summed E-state index contributed by atoms with van der Waals surface area (Å²) >= 11 is 0. The van der Waals surface area contributed by atoms with Crippen molar-refractivity contribution in [1.82, 2.24) is 9.78 Å². The van der Waals surface area contributed by atoms with E-state index in [9.17, 15) is 0 Å². The van der Waals surface area contributed by atoms with E-state index in [2.05, 4.69) is 17.4 Å². The van der Waals surface area contributed by atoms with Gasteiger partial charge in [-0.3, -0.25) is 4.68 Å². The molecule has 2 aromatic rings. The molecule has 0 atom stereocenters. The molecule has 1 aromatic heterocycles. The van der Waals surface area contributed by atoms with Crippen LogP contribution >= 0.6 is 0 Å². The summed E-state index contributed by atoms with van der Waals surface area (Å²) in [6.07, 6.45) is 2.90. The van der Waals surface area contributed by atoms with E-state index in [0.717, 1.165) is 5.75 Å². The summed E-state index contributed by atoms with van der Waals surface area (Å²) in [5.41, 5.74) is 2.37. The van der Waals surface area contributed by atoms with E-state index in [1.807, 2.05) is 33.0 Å². The maximum Gasteiger partial charge on any atom is 0.238 e. The third-order valence-electron chi connectivity index (χ3n) is 2.04. The number of rotatable bonds is 2. The Kier molecular flexibility index (Phi) is 2.46. The van der Waals surface area contributed by atoms with Crippen molar-refractivity contribution >= 4 is 0 Å². The maximum absolute atomic E-state index is 5.60. The largest absolute Gasteiger partial charge is 0.438 e. The van der Waals surface area contributed by atoms with Crippen molar-refractivity contribution in [3.8, 4) is 11.6 Å². The van der Waals surface area contributed by atoms with Crippen LogP contribution in [-0.2, 0) is 7.05 Å². The van der Waals surface area contributed by atoms with E-state index in [0.29, 0.717) is 5.88 Å². The van der Waals surface area contributed by atoms with Crippen LogP contribution in [0.25, 0.3) is 0 Å². The van der Waals surface area contributed by atoms with Crippen LogP contribution in [-0.4, -0.2) is 9.78 Å². The molecule has 1 aromatic carbocycles. The first kappa shape index (κ1) is 9.77. The Morgan fingerprint density at radius 2 is 1.87 bits per heavy atom. The normalized spacial score (nSPS) is 10.3. The summed E-state index contributed by atoms with van der Waals surface area (Å²) in [5.74, 6) is 1.39. The van der Waals surface area contributed by atoms with Crippen molar-refractivity contribution in [1.29, 1.82) is 0 Å². The molecule has 0 saturated heterocycles. The lowest BCUT2D eigenvalue weighted by atomic mass is 10.1. The second-order valence-electron chi connectivity index (χ2n) is 3.66. The summed E-state index contributed by atoms with van der Waals surface area (Å²) < 4.78 is 7.19. The molecule has 15 heavy (non-hydrogen) atoms. The van der Waals surface area contributed by atoms with Crippen LogP contribution in [0, 0.1) is 20.0 Å². The zero-order valence-corrected chi connectivity index (χ0v) is 9.11. The van der Waals surface area contributed by atoms with Gasteiger partial charge in [0, 0.05) is 13.1 Å². The molecular formula is C12H13N2O. The van der Waals surface area contributed by atoms with Gasteiger partial charge < -0.3 is 4.74 Å².